The van der Waals surface area contributed by atoms with Crippen molar-refractivity contribution in [2.45, 2.75) is 26.5 Å². The zero-order valence-corrected chi connectivity index (χ0v) is 28.3. The van der Waals surface area contributed by atoms with Gasteiger partial charge in [0.05, 0.1) is 49.8 Å². The van der Waals surface area contributed by atoms with Crippen molar-refractivity contribution in [3.63, 3.8) is 0 Å². The van der Waals surface area contributed by atoms with E-state index in [4.69, 9.17) is 35.3 Å². The largest absolute Gasteiger partial charge is 0.493 e. The topological polar surface area (TPSA) is 97.6 Å². The van der Waals surface area contributed by atoms with Crippen LogP contribution >= 0.6 is 38.9 Å². The number of hydrogen-bond donors (Lipinski definition) is 0. The monoisotopic (exact) mass is 712 g/mol. The lowest BCUT2D eigenvalue weighted by molar-refractivity contribution is -0.139. The van der Waals surface area contributed by atoms with Crippen LogP contribution in [0.4, 0.5) is 0 Å². The minimum absolute atomic E-state index is 0.168. The van der Waals surface area contributed by atoms with Crippen molar-refractivity contribution in [1.29, 1.82) is 0 Å². The van der Waals surface area contributed by atoms with E-state index in [1.54, 1.807) is 51.3 Å². The molecular formula is C33H30BrClN2O7S. The third-order valence-corrected chi connectivity index (χ3v) is 9.03. The Hall–Kier alpha value is -4.06. The first-order valence-electron chi connectivity index (χ1n) is 13.8. The van der Waals surface area contributed by atoms with Gasteiger partial charge < -0.3 is 23.7 Å². The summed E-state index contributed by atoms with van der Waals surface area (Å²) in [5.41, 5.74) is 2.69. The van der Waals surface area contributed by atoms with Crippen molar-refractivity contribution >= 4 is 50.9 Å². The molecule has 0 fully saturated rings. The van der Waals surface area contributed by atoms with Gasteiger partial charge in [-0.05, 0) is 73.0 Å². The summed E-state index contributed by atoms with van der Waals surface area (Å²) in [6.07, 6.45) is 1.76. The Balaban J connectivity index is 1.59. The summed E-state index contributed by atoms with van der Waals surface area (Å²) in [6.45, 7) is 3.96. The van der Waals surface area contributed by atoms with Crippen LogP contribution < -0.4 is 33.8 Å². The van der Waals surface area contributed by atoms with E-state index in [2.05, 4.69) is 20.9 Å². The molecule has 0 aliphatic carbocycles. The van der Waals surface area contributed by atoms with Crippen LogP contribution in [0.5, 0.6) is 23.0 Å². The maximum absolute atomic E-state index is 14.1. The molecule has 45 heavy (non-hydrogen) atoms. The average molecular weight is 714 g/mol. The van der Waals surface area contributed by atoms with E-state index in [-0.39, 0.29) is 17.7 Å². The smallest absolute Gasteiger partial charge is 0.338 e. The minimum Gasteiger partial charge on any atom is -0.493 e. The fraction of sp³-hybridized carbons (Fsp3) is 0.242. The number of fused-ring (bicyclic) bond motifs is 1. The highest BCUT2D eigenvalue weighted by Crippen LogP contribution is 2.41. The minimum atomic E-state index is -0.838. The van der Waals surface area contributed by atoms with Gasteiger partial charge in [-0.3, -0.25) is 9.36 Å². The Morgan fingerprint density at radius 1 is 1.00 bits per heavy atom. The summed E-state index contributed by atoms with van der Waals surface area (Å²) >= 11 is 10.8. The third-order valence-electron chi connectivity index (χ3n) is 7.11. The van der Waals surface area contributed by atoms with Crippen LogP contribution in [-0.2, 0) is 16.1 Å². The Bertz CT molecular complexity index is 1970. The number of rotatable bonds is 10. The Morgan fingerprint density at radius 2 is 1.67 bits per heavy atom. The fourth-order valence-corrected chi connectivity index (χ4v) is 6.66. The van der Waals surface area contributed by atoms with Crippen molar-refractivity contribution in [2.75, 3.05) is 27.9 Å². The molecule has 3 aromatic carbocycles. The number of esters is 1. The van der Waals surface area contributed by atoms with E-state index in [9.17, 15) is 9.59 Å². The second-order valence-corrected chi connectivity index (χ2v) is 12.2. The number of thiazole rings is 1. The normalized spacial score (nSPS) is 14.5. The highest BCUT2D eigenvalue weighted by molar-refractivity contribution is 9.10. The molecule has 12 heteroatoms. The predicted molar refractivity (Wildman–Crippen MR) is 176 cm³/mol. The Kier molecular flexibility index (Phi) is 10.0. The summed E-state index contributed by atoms with van der Waals surface area (Å²) in [5, 5.41) is 0.654. The summed E-state index contributed by atoms with van der Waals surface area (Å²) in [4.78, 5) is 32.5. The van der Waals surface area contributed by atoms with Crippen molar-refractivity contribution in [3.05, 3.63) is 112 Å². The van der Waals surface area contributed by atoms with Gasteiger partial charge >= 0.3 is 5.97 Å². The van der Waals surface area contributed by atoms with Crippen LogP contribution in [0, 0.1) is 0 Å². The van der Waals surface area contributed by atoms with Crippen LogP contribution in [-0.4, -0.2) is 38.5 Å². The molecule has 1 atom stereocenters. The number of benzene rings is 3. The molecule has 0 N–H and O–H groups in total. The standard InChI is InChI=1S/C33H30BrClN2O7S/c1-6-43-32(39)29-18(2)36-33-37(30(29)22-15-26(41-4)27(42-5)16-23(22)34)31(38)28(45-33)14-20-9-12-24(25(13-20)40-3)44-17-19-7-10-21(35)11-8-19/h7-16,30H,6,17H2,1-5H3/b28-14-. The number of aromatic nitrogens is 1. The Morgan fingerprint density at radius 3 is 2.33 bits per heavy atom. The molecule has 0 spiro atoms. The number of carbonyl (C=O) groups excluding carboxylic acids is 1. The fourth-order valence-electron chi connectivity index (χ4n) is 4.95. The highest BCUT2D eigenvalue weighted by Gasteiger charge is 2.35. The molecule has 0 radical (unpaired) electrons. The average Bonchev–Trinajstić information content (AvgIpc) is 3.33. The molecule has 4 aromatic rings. The van der Waals surface area contributed by atoms with Gasteiger partial charge in [0.2, 0.25) is 0 Å². The second-order valence-electron chi connectivity index (χ2n) is 9.86. The zero-order chi connectivity index (χ0) is 32.2. The zero-order valence-electron chi connectivity index (χ0n) is 25.2. The van der Waals surface area contributed by atoms with Gasteiger partial charge in [0.15, 0.2) is 27.8 Å². The number of allylic oxidation sites excluding steroid dienone is 1. The van der Waals surface area contributed by atoms with Gasteiger partial charge in [0.25, 0.3) is 5.56 Å². The van der Waals surface area contributed by atoms with Crippen LogP contribution in [0.25, 0.3) is 6.08 Å². The second kappa shape index (κ2) is 13.9. The van der Waals surface area contributed by atoms with Gasteiger partial charge in [-0.25, -0.2) is 9.79 Å². The predicted octanol–water partition coefficient (Wildman–Crippen LogP) is 5.82. The highest BCUT2D eigenvalue weighted by atomic mass is 79.9. The first-order valence-corrected chi connectivity index (χ1v) is 15.8. The molecule has 9 nitrogen and oxygen atoms in total. The van der Waals surface area contributed by atoms with Crippen molar-refractivity contribution in [3.8, 4) is 23.0 Å². The van der Waals surface area contributed by atoms with Crippen molar-refractivity contribution < 1.29 is 28.5 Å². The number of carbonyl (C=O) groups is 1. The van der Waals surface area contributed by atoms with Crippen LogP contribution in [0.1, 0.15) is 36.6 Å². The maximum Gasteiger partial charge on any atom is 0.338 e. The van der Waals surface area contributed by atoms with Gasteiger partial charge in [-0.1, -0.05) is 57.1 Å². The molecule has 0 saturated heterocycles. The van der Waals surface area contributed by atoms with Crippen molar-refractivity contribution in [1.82, 2.24) is 4.57 Å². The molecule has 0 saturated carbocycles. The van der Waals surface area contributed by atoms with E-state index < -0.39 is 12.0 Å². The number of methoxy groups -OCH3 is 3. The van der Waals surface area contributed by atoms with Crippen LogP contribution in [0.3, 0.4) is 0 Å². The molecule has 0 bridgehead atoms. The van der Waals surface area contributed by atoms with E-state index in [0.717, 1.165) is 11.1 Å². The molecule has 0 amide bonds. The summed E-state index contributed by atoms with van der Waals surface area (Å²) < 4.78 is 30.6. The van der Waals surface area contributed by atoms with E-state index in [1.165, 1.54) is 30.1 Å². The lowest BCUT2D eigenvalue weighted by Crippen LogP contribution is -2.40. The van der Waals surface area contributed by atoms with Gasteiger partial charge in [0.1, 0.15) is 6.61 Å². The summed E-state index contributed by atoms with van der Waals surface area (Å²) in [5.74, 6) is 1.45. The van der Waals surface area contributed by atoms with E-state index in [1.807, 2.05) is 30.3 Å². The van der Waals surface area contributed by atoms with Gasteiger partial charge in [-0.2, -0.15) is 0 Å². The first-order chi connectivity index (χ1) is 21.7. The number of hydrogen-bond acceptors (Lipinski definition) is 9. The van der Waals surface area contributed by atoms with E-state index in [0.29, 0.717) is 59.7 Å². The number of nitrogens with zero attached hydrogens (tertiary/aromatic N) is 2. The maximum atomic E-state index is 14.1. The summed E-state index contributed by atoms with van der Waals surface area (Å²) in [6, 6.07) is 15.5. The molecular weight excluding hydrogens is 684 g/mol. The SMILES string of the molecule is CCOC(=O)C1=C(C)N=c2s/c(=C\c3ccc(OCc4ccc(Cl)cc4)c(OC)c3)c(=O)n2C1c1cc(OC)c(OC)cc1Br. The summed E-state index contributed by atoms with van der Waals surface area (Å²) in [7, 11) is 4.62. The van der Waals surface area contributed by atoms with Crippen LogP contribution in [0.15, 0.2) is 80.1 Å². The Labute approximate surface area is 277 Å². The molecule has 1 aliphatic rings. The van der Waals surface area contributed by atoms with Crippen molar-refractivity contribution in [2.24, 2.45) is 4.99 Å². The number of ether oxygens (including phenoxy) is 5. The molecule has 234 valence electrons. The molecule has 1 aromatic heterocycles. The molecule has 5 rings (SSSR count). The lowest BCUT2D eigenvalue weighted by Gasteiger charge is -2.26. The lowest BCUT2D eigenvalue weighted by atomic mass is 9.95. The first kappa shape index (κ1) is 32.3. The number of halogens is 2. The molecule has 1 aliphatic heterocycles. The van der Waals surface area contributed by atoms with Gasteiger partial charge in [-0.15, -0.1) is 0 Å². The van der Waals surface area contributed by atoms with E-state index >= 15 is 0 Å². The molecule has 2 heterocycles. The molecule has 1 unspecified atom stereocenters. The quantitative estimate of drug-likeness (QED) is 0.191. The van der Waals surface area contributed by atoms with Gasteiger partial charge in [0, 0.05) is 9.50 Å². The van der Waals surface area contributed by atoms with Crippen LogP contribution in [0.2, 0.25) is 5.02 Å². The third kappa shape index (κ3) is 6.66.